The summed E-state index contributed by atoms with van der Waals surface area (Å²) in [6, 6.07) is 6.46. The molecular weight excluding hydrogens is 299 g/mol. The van der Waals surface area contributed by atoms with Crippen LogP contribution >= 0.6 is 0 Å². The number of nitrogens with one attached hydrogen (secondary N) is 2. The smallest absolute Gasteiger partial charge is 0.257 e. The molecule has 0 unspecified atom stereocenters. The number of aliphatic hydroxyl groups is 1. The number of amides is 1. The van der Waals surface area contributed by atoms with Gasteiger partial charge in [0.1, 0.15) is 17.5 Å². The summed E-state index contributed by atoms with van der Waals surface area (Å²) in [6.07, 6.45) is 0.509. The van der Waals surface area contributed by atoms with E-state index in [4.69, 9.17) is 0 Å². The molecule has 0 saturated carbocycles. The molecule has 1 aromatic heterocycles. The number of aromatic amines is 1. The van der Waals surface area contributed by atoms with Crippen LogP contribution in [0.3, 0.4) is 0 Å². The van der Waals surface area contributed by atoms with E-state index < -0.39 is 29.3 Å². The minimum Gasteiger partial charge on any atom is -0.386 e. The van der Waals surface area contributed by atoms with E-state index in [2.05, 4.69) is 10.3 Å². The Morgan fingerprint density at radius 1 is 1.39 bits per heavy atom. The Labute approximate surface area is 133 Å². The third-order valence-corrected chi connectivity index (χ3v) is 3.66. The summed E-state index contributed by atoms with van der Waals surface area (Å²) >= 11 is 0. The number of carbonyl (C=O) groups excluding carboxylic acids is 1. The van der Waals surface area contributed by atoms with Crippen LogP contribution in [0, 0.1) is 12.7 Å². The van der Waals surface area contributed by atoms with E-state index >= 15 is 0 Å². The van der Waals surface area contributed by atoms with Gasteiger partial charge in [-0.1, -0.05) is 25.1 Å². The van der Waals surface area contributed by atoms with Gasteiger partial charge in [0, 0.05) is 23.5 Å². The highest BCUT2D eigenvalue weighted by atomic mass is 19.1. The van der Waals surface area contributed by atoms with Crippen LogP contribution in [0.4, 0.5) is 4.39 Å². The highest BCUT2D eigenvalue weighted by Crippen LogP contribution is 2.21. The Morgan fingerprint density at radius 2 is 2.09 bits per heavy atom. The Kier molecular flexibility index (Phi) is 5.28. The van der Waals surface area contributed by atoms with Crippen molar-refractivity contribution in [2.75, 3.05) is 0 Å². The second kappa shape index (κ2) is 7.19. The molecule has 5 nitrogen and oxygen atoms in total. The number of aryl methyl sites for hydroxylation is 1. The van der Waals surface area contributed by atoms with Crippen molar-refractivity contribution >= 4 is 5.91 Å². The molecule has 0 aliphatic rings. The van der Waals surface area contributed by atoms with Crippen molar-refractivity contribution in [2.45, 2.75) is 32.4 Å². The predicted octanol–water partition coefficient (Wildman–Crippen LogP) is 2.06. The van der Waals surface area contributed by atoms with Crippen LogP contribution in [-0.4, -0.2) is 22.0 Å². The van der Waals surface area contributed by atoms with Crippen LogP contribution in [0.1, 0.15) is 41.1 Å². The van der Waals surface area contributed by atoms with Gasteiger partial charge in [-0.15, -0.1) is 0 Å². The molecule has 0 radical (unpaired) electrons. The van der Waals surface area contributed by atoms with Gasteiger partial charge < -0.3 is 15.4 Å². The molecule has 1 heterocycles. The Morgan fingerprint density at radius 3 is 2.70 bits per heavy atom. The van der Waals surface area contributed by atoms with Gasteiger partial charge in [0.2, 0.25) is 0 Å². The minimum absolute atomic E-state index is 0.0465. The molecule has 23 heavy (non-hydrogen) atoms. The quantitative estimate of drug-likeness (QED) is 0.789. The molecule has 2 aromatic rings. The summed E-state index contributed by atoms with van der Waals surface area (Å²) < 4.78 is 13.8. The van der Waals surface area contributed by atoms with E-state index in [1.54, 1.807) is 19.9 Å². The van der Waals surface area contributed by atoms with Crippen LogP contribution in [0.15, 0.2) is 41.3 Å². The van der Waals surface area contributed by atoms with Gasteiger partial charge in [0.25, 0.3) is 5.91 Å². The molecule has 0 fully saturated rings. The lowest BCUT2D eigenvalue weighted by molar-refractivity contribution is 0.0818. The summed E-state index contributed by atoms with van der Waals surface area (Å²) in [5.41, 5.74) is 0.297. The van der Waals surface area contributed by atoms with Crippen molar-refractivity contribution in [3.05, 3.63) is 69.4 Å². The van der Waals surface area contributed by atoms with Crippen molar-refractivity contribution in [3.8, 4) is 0 Å². The van der Waals surface area contributed by atoms with Gasteiger partial charge >= 0.3 is 0 Å². The van der Waals surface area contributed by atoms with E-state index in [1.165, 1.54) is 30.5 Å². The number of benzene rings is 1. The SMILES string of the molecule is CC[C@H](NC(=O)c1c[nH]c(C)cc1=O)[C@@H](O)c1ccccc1F. The first-order valence-corrected chi connectivity index (χ1v) is 7.36. The molecule has 122 valence electrons. The fourth-order valence-electron chi connectivity index (χ4n) is 2.33. The number of rotatable bonds is 5. The number of pyridine rings is 1. The highest BCUT2D eigenvalue weighted by molar-refractivity contribution is 5.94. The predicted molar refractivity (Wildman–Crippen MR) is 84.7 cm³/mol. The third kappa shape index (κ3) is 3.84. The van der Waals surface area contributed by atoms with Crippen molar-refractivity contribution in [1.29, 1.82) is 0 Å². The summed E-state index contributed by atoms with van der Waals surface area (Å²) in [4.78, 5) is 26.9. The van der Waals surface area contributed by atoms with Gasteiger partial charge in [0.15, 0.2) is 5.43 Å². The van der Waals surface area contributed by atoms with E-state index in [0.29, 0.717) is 12.1 Å². The van der Waals surface area contributed by atoms with Crippen LogP contribution in [-0.2, 0) is 0 Å². The molecule has 0 aliphatic carbocycles. The van der Waals surface area contributed by atoms with Crippen molar-refractivity contribution in [2.24, 2.45) is 0 Å². The Bertz CT molecular complexity index is 757. The van der Waals surface area contributed by atoms with Gasteiger partial charge in [-0.2, -0.15) is 0 Å². The monoisotopic (exact) mass is 318 g/mol. The Balaban J connectivity index is 2.20. The second-order valence-electron chi connectivity index (χ2n) is 5.35. The molecule has 1 aromatic carbocycles. The van der Waals surface area contributed by atoms with E-state index in [1.807, 2.05) is 0 Å². The zero-order valence-electron chi connectivity index (χ0n) is 13.0. The van der Waals surface area contributed by atoms with Crippen LogP contribution in [0.2, 0.25) is 0 Å². The summed E-state index contributed by atoms with van der Waals surface area (Å²) in [7, 11) is 0. The van der Waals surface area contributed by atoms with E-state index in [9.17, 15) is 19.1 Å². The summed E-state index contributed by atoms with van der Waals surface area (Å²) in [5, 5.41) is 12.9. The summed E-state index contributed by atoms with van der Waals surface area (Å²) in [5.74, 6) is -1.14. The average molecular weight is 318 g/mol. The number of hydrogen-bond acceptors (Lipinski definition) is 3. The fraction of sp³-hybridized carbons (Fsp3) is 0.294. The normalized spacial score (nSPS) is 13.4. The number of hydrogen-bond donors (Lipinski definition) is 3. The van der Waals surface area contributed by atoms with Crippen molar-refractivity contribution in [1.82, 2.24) is 10.3 Å². The molecule has 0 bridgehead atoms. The number of aliphatic hydroxyl groups excluding tert-OH is 1. The molecule has 0 aliphatic heterocycles. The fourth-order valence-corrected chi connectivity index (χ4v) is 2.33. The first-order valence-electron chi connectivity index (χ1n) is 7.36. The lowest BCUT2D eigenvalue weighted by atomic mass is 9.99. The van der Waals surface area contributed by atoms with Gasteiger partial charge in [0.05, 0.1) is 6.04 Å². The first-order chi connectivity index (χ1) is 10.9. The lowest BCUT2D eigenvalue weighted by Gasteiger charge is -2.23. The molecule has 0 spiro atoms. The third-order valence-electron chi connectivity index (χ3n) is 3.66. The molecule has 3 N–H and O–H groups in total. The van der Waals surface area contributed by atoms with Gasteiger partial charge in [-0.3, -0.25) is 9.59 Å². The van der Waals surface area contributed by atoms with E-state index in [-0.39, 0.29) is 11.1 Å². The molecule has 2 atom stereocenters. The maximum Gasteiger partial charge on any atom is 0.257 e. The standard InChI is InChI=1S/C17H19FN2O3/c1-3-14(16(22)11-6-4-5-7-13(11)18)20-17(23)12-9-19-10(2)8-15(12)21/h4-9,14,16,22H,3H2,1-2H3,(H,19,21)(H,20,23)/t14-,16-/m0/s1. The highest BCUT2D eigenvalue weighted by Gasteiger charge is 2.24. The average Bonchev–Trinajstić information content (AvgIpc) is 2.52. The second-order valence-corrected chi connectivity index (χ2v) is 5.35. The lowest BCUT2D eigenvalue weighted by Crippen LogP contribution is -2.40. The largest absolute Gasteiger partial charge is 0.386 e. The van der Waals surface area contributed by atoms with Crippen molar-refractivity contribution < 1.29 is 14.3 Å². The van der Waals surface area contributed by atoms with Crippen molar-refractivity contribution in [3.63, 3.8) is 0 Å². The first kappa shape index (κ1) is 16.9. The zero-order chi connectivity index (χ0) is 17.0. The summed E-state index contributed by atoms with van der Waals surface area (Å²) in [6.45, 7) is 3.47. The maximum absolute atomic E-state index is 13.8. The van der Waals surface area contributed by atoms with E-state index in [0.717, 1.165) is 0 Å². The van der Waals surface area contributed by atoms with Gasteiger partial charge in [-0.25, -0.2) is 4.39 Å². The Hall–Kier alpha value is -2.47. The number of H-pyrrole nitrogens is 1. The molecule has 2 rings (SSSR count). The molecule has 0 saturated heterocycles. The topological polar surface area (TPSA) is 82.2 Å². The molecular formula is C17H19FN2O3. The van der Waals surface area contributed by atoms with Crippen LogP contribution < -0.4 is 10.7 Å². The molecule has 6 heteroatoms. The zero-order valence-corrected chi connectivity index (χ0v) is 13.0. The molecule has 1 amide bonds. The number of aromatic nitrogens is 1. The van der Waals surface area contributed by atoms with Crippen LogP contribution in [0.25, 0.3) is 0 Å². The maximum atomic E-state index is 13.8. The minimum atomic E-state index is -1.20. The number of carbonyl (C=O) groups is 1. The van der Waals surface area contributed by atoms with Gasteiger partial charge in [-0.05, 0) is 19.4 Å². The van der Waals surface area contributed by atoms with Crippen LogP contribution in [0.5, 0.6) is 0 Å². The number of halogens is 1.